The molecule has 144 valence electrons. The van der Waals surface area contributed by atoms with Gasteiger partial charge in [-0.3, -0.25) is 0 Å². The molecule has 29 heavy (non-hydrogen) atoms. The maximum absolute atomic E-state index is 6.47. The highest BCUT2D eigenvalue weighted by Gasteiger charge is 2.24. The third kappa shape index (κ3) is 4.76. The molecule has 0 bridgehead atoms. The van der Waals surface area contributed by atoms with E-state index in [-0.39, 0.29) is 0 Å². The van der Waals surface area contributed by atoms with Crippen LogP contribution in [0.5, 0.6) is 0 Å². The fourth-order valence-corrected chi connectivity index (χ4v) is 11.0. The summed E-state index contributed by atoms with van der Waals surface area (Å²) in [5.74, 6) is 0. The van der Waals surface area contributed by atoms with E-state index < -0.39 is 14.0 Å². The van der Waals surface area contributed by atoms with Gasteiger partial charge in [0, 0.05) is 6.04 Å². The maximum Gasteiger partial charge on any atom is 0.0109 e. The molecule has 0 spiro atoms. The second-order valence-corrected chi connectivity index (χ2v) is 14.1. The number of rotatable bonds is 7. The molecule has 0 heterocycles. The Balaban J connectivity index is 1.71. The predicted molar refractivity (Wildman–Crippen MR) is 135 cm³/mol. The van der Waals surface area contributed by atoms with Crippen LogP contribution in [0.25, 0.3) is 0 Å². The molecule has 0 N–H and O–H groups in total. The zero-order valence-electron chi connectivity index (χ0n) is 16.3. The van der Waals surface area contributed by atoms with Crippen LogP contribution in [-0.2, 0) is 11.8 Å². The molecule has 0 aromatic heterocycles. The van der Waals surface area contributed by atoms with Gasteiger partial charge in [-0.15, -0.1) is 0 Å². The third-order valence-electron chi connectivity index (χ3n) is 5.12. The van der Waals surface area contributed by atoms with Crippen LogP contribution in [0.1, 0.15) is 0 Å². The molecule has 0 nitrogen and oxygen atoms in total. The summed E-state index contributed by atoms with van der Waals surface area (Å²) in [7, 11) is -0.435. The first-order valence-electron chi connectivity index (χ1n) is 9.85. The van der Waals surface area contributed by atoms with Gasteiger partial charge in [0.05, 0.1) is 0 Å². The van der Waals surface area contributed by atoms with Crippen molar-refractivity contribution in [1.82, 2.24) is 0 Å². The lowest BCUT2D eigenvalue weighted by atomic mass is 10.4. The Morgan fingerprint density at radius 2 is 0.862 bits per heavy atom. The van der Waals surface area contributed by atoms with Crippen molar-refractivity contribution in [2.75, 3.05) is 12.3 Å². The van der Waals surface area contributed by atoms with Gasteiger partial charge in [-0.05, 0) is 41.5 Å². The minimum absolute atomic E-state index is 0.435. The summed E-state index contributed by atoms with van der Waals surface area (Å²) in [5.41, 5.74) is 0. The topological polar surface area (TPSA) is 0 Å². The number of hydrogen-bond donors (Lipinski definition) is 0. The Kier molecular flexibility index (Phi) is 6.73. The lowest BCUT2D eigenvalue weighted by Crippen LogP contribution is -2.22. The van der Waals surface area contributed by atoms with E-state index in [1.807, 2.05) is 0 Å². The standard InChI is InChI=1S/C26H24P2S/c29-28(25-17-9-3-10-18-25,26-19-11-4-12-20-26)22-21-27(23-13-5-1-6-14-23)24-15-7-2-8-16-24/h1-20H,21-22H2. The van der Waals surface area contributed by atoms with E-state index in [1.54, 1.807) is 0 Å². The molecule has 0 saturated carbocycles. The molecule has 3 heteroatoms. The first-order chi connectivity index (χ1) is 14.3. The van der Waals surface area contributed by atoms with Crippen molar-refractivity contribution in [3.05, 3.63) is 121 Å². The molecule has 0 saturated heterocycles. The van der Waals surface area contributed by atoms with Gasteiger partial charge in [0.1, 0.15) is 0 Å². The summed E-state index contributed by atoms with van der Waals surface area (Å²) in [4.78, 5) is 0. The van der Waals surface area contributed by atoms with Crippen molar-refractivity contribution >= 4 is 47.0 Å². The molecule has 0 atom stereocenters. The van der Waals surface area contributed by atoms with Gasteiger partial charge in [-0.2, -0.15) is 0 Å². The zero-order valence-corrected chi connectivity index (χ0v) is 18.9. The summed E-state index contributed by atoms with van der Waals surface area (Å²) in [6, 6.07) is 41.5. The molecule has 4 aromatic carbocycles. The number of hydrogen-bond acceptors (Lipinski definition) is 1. The van der Waals surface area contributed by atoms with Crippen LogP contribution in [0.15, 0.2) is 121 Å². The third-order valence-corrected chi connectivity index (χ3v) is 12.9. The van der Waals surface area contributed by atoms with Gasteiger partial charge in [0.2, 0.25) is 0 Å². The Bertz CT molecular complexity index is 982. The lowest BCUT2D eigenvalue weighted by molar-refractivity contribution is 1.50. The van der Waals surface area contributed by atoms with Crippen LogP contribution in [0, 0.1) is 0 Å². The lowest BCUT2D eigenvalue weighted by Gasteiger charge is -2.27. The summed E-state index contributed by atoms with van der Waals surface area (Å²) in [6.45, 7) is 0. The molecule has 0 amide bonds. The fourth-order valence-electron chi connectivity index (χ4n) is 3.61. The van der Waals surface area contributed by atoms with Crippen LogP contribution in [0.2, 0.25) is 0 Å². The first-order valence-corrected chi connectivity index (χ1v) is 14.4. The SMILES string of the molecule is S=P(CCP(c1ccccc1)c1ccccc1)(c1ccccc1)c1ccccc1. The van der Waals surface area contributed by atoms with Gasteiger partial charge in [-0.1, -0.05) is 133 Å². The average molecular weight is 430 g/mol. The molecule has 0 fully saturated rings. The Hall–Kier alpha value is -2.04. The highest BCUT2D eigenvalue weighted by atomic mass is 32.4. The molecule has 0 aliphatic heterocycles. The summed E-state index contributed by atoms with van der Waals surface area (Å²) in [5, 5.41) is 5.49. The van der Waals surface area contributed by atoms with Gasteiger partial charge in [0.15, 0.2) is 0 Å². The smallest absolute Gasteiger partial charge is 0.0109 e. The molecule has 4 aromatic rings. The van der Waals surface area contributed by atoms with Crippen molar-refractivity contribution in [2.24, 2.45) is 0 Å². The van der Waals surface area contributed by atoms with Crippen LogP contribution < -0.4 is 21.2 Å². The van der Waals surface area contributed by atoms with E-state index in [4.69, 9.17) is 11.8 Å². The molecule has 0 unspecified atom stereocenters. The minimum Gasteiger partial charge on any atom is -0.0876 e. The van der Waals surface area contributed by atoms with Crippen molar-refractivity contribution in [1.29, 1.82) is 0 Å². The molecular weight excluding hydrogens is 406 g/mol. The van der Waals surface area contributed by atoms with E-state index in [0.29, 0.717) is 0 Å². The van der Waals surface area contributed by atoms with Crippen LogP contribution in [-0.4, -0.2) is 12.3 Å². The van der Waals surface area contributed by atoms with E-state index in [1.165, 1.54) is 21.2 Å². The highest BCUT2D eigenvalue weighted by molar-refractivity contribution is 8.22. The first kappa shape index (κ1) is 20.2. The van der Waals surface area contributed by atoms with Crippen molar-refractivity contribution in [3.63, 3.8) is 0 Å². The van der Waals surface area contributed by atoms with Gasteiger partial charge in [-0.25, -0.2) is 0 Å². The Morgan fingerprint density at radius 1 is 0.517 bits per heavy atom. The van der Waals surface area contributed by atoms with E-state index in [2.05, 4.69) is 121 Å². The van der Waals surface area contributed by atoms with Crippen molar-refractivity contribution in [2.45, 2.75) is 0 Å². The molecule has 0 radical (unpaired) electrons. The summed E-state index contributed by atoms with van der Waals surface area (Å²) in [6.07, 6.45) is 2.14. The van der Waals surface area contributed by atoms with Gasteiger partial charge >= 0.3 is 0 Å². The summed E-state index contributed by atoms with van der Waals surface area (Å²) >= 11 is 6.47. The normalized spacial score (nSPS) is 11.5. The highest BCUT2D eigenvalue weighted by Crippen LogP contribution is 2.47. The van der Waals surface area contributed by atoms with E-state index >= 15 is 0 Å². The van der Waals surface area contributed by atoms with E-state index in [9.17, 15) is 0 Å². The Morgan fingerprint density at radius 3 is 1.24 bits per heavy atom. The second kappa shape index (κ2) is 9.64. The van der Waals surface area contributed by atoms with E-state index in [0.717, 1.165) is 12.3 Å². The zero-order chi connectivity index (χ0) is 19.9. The largest absolute Gasteiger partial charge is 0.0876 e. The molecule has 0 aliphatic rings. The maximum atomic E-state index is 6.47. The van der Waals surface area contributed by atoms with Crippen molar-refractivity contribution < 1.29 is 0 Å². The minimum atomic E-state index is -1.87. The fraction of sp³-hybridized carbons (Fsp3) is 0.0769. The second-order valence-electron chi connectivity index (χ2n) is 6.96. The van der Waals surface area contributed by atoms with Crippen LogP contribution in [0.3, 0.4) is 0 Å². The average Bonchev–Trinajstić information content (AvgIpc) is 2.81. The van der Waals surface area contributed by atoms with Crippen LogP contribution in [0.4, 0.5) is 0 Å². The molecule has 4 rings (SSSR count). The monoisotopic (exact) mass is 430 g/mol. The summed E-state index contributed by atoms with van der Waals surface area (Å²) < 4.78 is 0. The number of benzene rings is 4. The predicted octanol–water partition coefficient (Wildman–Crippen LogP) is 5.25. The quantitative estimate of drug-likeness (QED) is 0.361. The van der Waals surface area contributed by atoms with Gasteiger partial charge in [0.25, 0.3) is 0 Å². The molecule has 0 aliphatic carbocycles. The Labute approximate surface area is 180 Å². The van der Waals surface area contributed by atoms with Crippen molar-refractivity contribution in [3.8, 4) is 0 Å². The van der Waals surface area contributed by atoms with Crippen LogP contribution >= 0.6 is 14.0 Å². The molecular formula is C26H24P2S. The van der Waals surface area contributed by atoms with Gasteiger partial charge < -0.3 is 0 Å².